The first-order valence-electron chi connectivity index (χ1n) is 5.45. The summed E-state index contributed by atoms with van der Waals surface area (Å²) < 4.78 is 11.3. The van der Waals surface area contributed by atoms with Gasteiger partial charge >= 0.3 is 0 Å². The maximum Gasteiger partial charge on any atom is 0.157 e. The Morgan fingerprint density at radius 2 is 2.15 bits per heavy atom. The Morgan fingerprint density at radius 3 is 2.77 bits per heavy atom. The van der Waals surface area contributed by atoms with E-state index >= 15 is 0 Å². The van der Waals surface area contributed by atoms with E-state index in [4.69, 9.17) is 9.47 Å². The highest BCUT2D eigenvalue weighted by Crippen LogP contribution is 2.19. The van der Waals surface area contributed by atoms with E-state index in [9.17, 15) is 0 Å². The van der Waals surface area contributed by atoms with Gasteiger partial charge in [0.25, 0.3) is 0 Å². The summed E-state index contributed by atoms with van der Waals surface area (Å²) in [6.07, 6.45) is 5.09. The van der Waals surface area contributed by atoms with Crippen molar-refractivity contribution in [2.75, 3.05) is 6.61 Å². The highest BCUT2D eigenvalue weighted by atomic mass is 16.7. The van der Waals surface area contributed by atoms with Crippen LogP contribution < -0.4 is 0 Å². The van der Waals surface area contributed by atoms with Crippen LogP contribution in [0, 0.1) is 5.92 Å². The van der Waals surface area contributed by atoms with Gasteiger partial charge in [0.05, 0.1) is 6.10 Å². The molecule has 0 bridgehead atoms. The van der Waals surface area contributed by atoms with Crippen molar-refractivity contribution in [1.29, 1.82) is 0 Å². The molecule has 0 N–H and O–H groups in total. The van der Waals surface area contributed by atoms with Crippen molar-refractivity contribution in [3.63, 3.8) is 0 Å². The molecule has 1 fully saturated rings. The Hall–Kier alpha value is -0.0800. The lowest BCUT2D eigenvalue weighted by molar-refractivity contribution is -0.190. The lowest BCUT2D eigenvalue weighted by atomic mass is 10.1. The smallest absolute Gasteiger partial charge is 0.157 e. The molecule has 0 aliphatic carbocycles. The molecule has 1 heterocycles. The standard InChI is InChI=1S/C11H22O2/c1-9(2)7-8-12-11-6-4-5-10(3)13-11/h9-11H,4-8H2,1-3H3/t10-,11-/m1/s1. The third kappa shape index (κ3) is 4.63. The van der Waals surface area contributed by atoms with Crippen molar-refractivity contribution >= 4 is 0 Å². The Balaban J connectivity index is 2.06. The minimum Gasteiger partial charge on any atom is -0.353 e. The fourth-order valence-electron chi connectivity index (χ4n) is 1.52. The number of hydrogen-bond donors (Lipinski definition) is 0. The normalized spacial score (nSPS) is 29.5. The van der Waals surface area contributed by atoms with E-state index in [0.29, 0.717) is 6.10 Å². The fourth-order valence-corrected chi connectivity index (χ4v) is 1.52. The van der Waals surface area contributed by atoms with E-state index < -0.39 is 0 Å². The van der Waals surface area contributed by atoms with Gasteiger partial charge in [0, 0.05) is 6.61 Å². The molecule has 0 saturated carbocycles. The van der Waals surface area contributed by atoms with Gasteiger partial charge in [-0.15, -0.1) is 0 Å². The number of rotatable bonds is 4. The second-order valence-corrected chi connectivity index (χ2v) is 4.36. The van der Waals surface area contributed by atoms with Crippen LogP contribution >= 0.6 is 0 Å². The van der Waals surface area contributed by atoms with Crippen LogP contribution in [0.2, 0.25) is 0 Å². The van der Waals surface area contributed by atoms with Crippen LogP contribution in [0.1, 0.15) is 46.5 Å². The second kappa shape index (κ2) is 5.61. The third-order valence-corrected chi connectivity index (χ3v) is 2.43. The van der Waals surface area contributed by atoms with Gasteiger partial charge in [-0.1, -0.05) is 13.8 Å². The summed E-state index contributed by atoms with van der Waals surface area (Å²) in [5, 5.41) is 0. The van der Waals surface area contributed by atoms with E-state index in [1.165, 1.54) is 12.8 Å². The first kappa shape index (κ1) is 11.0. The molecular formula is C11H22O2. The summed E-state index contributed by atoms with van der Waals surface area (Å²) in [6, 6.07) is 0. The molecule has 1 saturated heterocycles. The van der Waals surface area contributed by atoms with E-state index in [1.807, 2.05) is 0 Å². The molecule has 0 radical (unpaired) electrons. The molecule has 1 rings (SSSR count). The van der Waals surface area contributed by atoms with Gasteiger partial charge in [0.15, 0.2) is 6.29 Å². The molecule has 0 amide bonds. The predicted octanol–water partition coefficient (Wildman–Crippen LogP) is 2.96. The summed E-state index contributed by atoms with van der Waals surface area (Å²) >= 11 is 0. The van der Waals surface area contributed by atoms with Crippen LogP contribution in [0.5, 0.6) is 0 Å². The minimum absolute atomic E-state index is 0.0718. The van der Waals surface area contributed by atoms with Crippen LogP contribution in [0.3, 0.4) is 0 Å². The molecule has 0 spiro atoms. The van der Waals surface area contributed by atoms with Crippen LogP contribution in [0.15, 0.2) is 0 Å². The van der Waals surface area contributed by atoms with Gasteiger partial charge in [-0.05, 0) is 38.5 Å². The predicted molar refractivity (Wildman–Crippen MR) is 53.6 cm³/mol. The zero-order chi connectivity index (χ0) is 9.68. The molecule has 0 aromatic carbocycles. The van der Waals surface area contributed by atoms with E-state index in [0.717, 1.165) is 25.4 Å². The Kier molecular flexibility index (Phi) is 4.74. The molecular weight excluding hydrogens is 164 g/mol. The minimum atomic E-state index is 0.0718. The fraction of sp³-hybridized carbons (Fsp3) is 1.00. The summed E-state index contributed by atoms with van der Waals surface area (Å²) in [5.74, 6) is 0.723. The van der Waals surface area contributed by atoms with Crippen LogP contribution in [0.4, 0.5) is 0 Å². The Labute approximate surface area is 81.6 Å². The van der Waals surface area contributed by atoms with Crippen LogP contribution in [-0.2, 0) is 9.47 Å². The highest BCUT2D eigenvalue weighted by molar-refractivity contribution is 4.61. The highest BCUT2D eigenvalue weighted by Gasteiger charge is 2.19. The summed E-state index contributed by atoms with van der Waals surface area (Å²) in [4.78, 5) is 0. The summed E-state index contributed by atoms with van der Waals surface area (Å²) in [6.45, 7) is 7.40. The Bertz CT molecular complexity index is 134. The summed E-state index contributed by atoms with van der Waals surface area (Å²) in [5.41, 5.74) is 0. The average molecular weight is 186 g/mol. The molecule has 2 atom stereocenters. The van der Waals surface area contributed by atoms with E-state index in [2.05, 4.69) is 20.8 Å². The molecule has 2 nitrogen and oxygen atoms in total. The lowest BCUT2D eigenvalue weighted by Crippen LogP contribution is -2.28. The van der Waals surface area contributed by atoms with Crippen molar-refractivity contribution in [3.05, 3.63) is 0 Å². The largest absolute Gasteiger partial charge is 0.353 e. The quantitative estimate of drug-likeness (QED) is 0.672. The molecule has 0 aromatic heterocycles. The van der Waals surface area contributed by atoms with Crippen molar-refractivity contribution < 1.29 is 9.47 Å². The van der Waals surface area contributed by atoms with E-state index in [1.54, 1.807) is 0 Å². The SMILES string of the molecule is CC(C)CCO[C@H]1CCC[C@@H](C)O1. The summed E-state index contributed by atoms with van der Waals surface area (Å²) in [7, 11) is 0. The monoisotopic (exact) mass is 186 g/mol. The number of hydrogen-bond acceptors (Lipinski definition) is 2. The van der Waals surface area contributed by atoms with Gasteiger partial charge in [-0.3, -0.25) is 0 Å². The maximum atomic E-state index is 5.65. The van der Waals surface area contributed by atoms with Gasteiger partial charge in [0.2, 0.25) is 0 Å². The average Bonchev–Trinajstić information content (AvgIpc) is 2.03. The molecule has 2 heteroatoms. The zero-order valence-electron chi connectivity index (χ0n) is 9.08. The van der Waals surface area contributed by atoms with Crippen LogP contribution in [0.25, 0.3) is 0 Å². The van der Waals surface area contributed by atoms with E-state index in [-0.39, 0.29) is 6.29 Å². The van der Waals surface area contributed by atoms with Gasteiger partial charge in [-0.25, -0.2) is 0 Å². The first-order chi connectivity index (χ1) is 6.18. The number of ether oxygens (including phenoxy) is 2. The zero-order valence-corrected chi connectivity index (χ0v) is 9.08. The molecule has 0 unspecified atom stereocenters. The molecule has 13 heavy (non-hydrogen) atoms. The Morgan fingerprint density at radius 1 is 1.38 bits per heavy atom. The van der Waals surface area contributed by atoms with Gasteiger partial charge in [-0.2, -0.15) is 0 Å². The molecule has 1 aliphatic heterocycles. The van der Waals surface area contributed by atoms with Crippen molar-refractivity contribution in [2.24, 2.45) is 5.92 Å². The van der Waals surface area contributed by atoms with Crippen LogP contribution in [-0.4, -0.2) is 19.0 Å². The molecule has 1 aliphatic rings. The maximum absolute atomic E-state index is 5.65. The van der Waals surface area contributed by atoms with Gasteiger partial charge in [0.1, 0.15) is 0 Å². The topological polar surface area (TPSA) is 18.5 Å². The van der Waals surface area contributed by atoms with Crippen molar-refractivity contribution in [1.82, 2.24) is 0 Å². The van der Waals surface area contributed by atoms with Crippen molar-refractivity contribution in [2.45, 2.75) is 58.8 Å². The second-order valence-electron chi connectivity index (χ2n) is 4.36. The van der Waals surface area contributed by atoms with Crippen molar-refractivity contribution in [3.8, 4) is 0 Å². The lowest BCUT2D eigenvalue weighted by Gasteiger charge is -2.27. The molecule has 0 aromatic rings. The van der Waals surface area contributed by atoms with Gasteiger partial charge < -0.3 is 9.47 Å². The molecule has 78 valence electrons. The first-order valence-corrected chi connectivity index (χ1v) is 5.45. The third-order valence-electron chi connectivity index (χ3n) is 2.43.